The van der Waals surface area contributed by atoms with E-state index in [2.05, 4.69) is 22.5 Å². The molecule has 0 amide bonds. The van der Waals surface area contributed by atoms with Crippen molar-refractivity contribution < 1.29 is 9.50 Å². The number of phenols is 1. The Morgan fingerprint density at radius 1 is 1.33 bits per heavy atom. The van der Waals surface area contributed by atoms with Crippen LogP contribution < -0.4 is 10.6 Å². The van der Waals surface area contributed by atoms with Crippen LogP contribution in [0.15, 0.2) is 23.2 Å². The standard InChI is InChI=1S/C16H24FN3O/c1-11-3-6-13(7-4-11)20-16(18-2)19-10-12-5-8-15(21)14(17)9-12/h5,8-9,11,13,21H,3-4,6-7,10H2,1-2H3,(H2,18,19,20). The zero-order chi connectivity index (χ0) is 15.2. The molecule has 1 aromatic carbocycles. The molecule has 0 heterocycles. The average molecular weight is 293 g/mol. The third-order valence-corrected chi connectivity index (χ3v) is 4.05. The van der Waals surface area contributed by atoms with Crippen molar-refractivity contribution in [3.05, 3.63) is 29.6 Å². The zero-order valence-corrected chi connectivity index (χ0v) is 12.7. The summed E-state index contributed by atoms with van der Waals surface area (Å²) in [6.07, 6.45) is 4.82. The van der Waals surface area contributed by atoms with Crippen LogP contribution in [-0.4, -0.2) is 24.2 Å². The van der Waals surface area contributed by atoms with E-state index in [0.717, 1.165) is 30.3 Å². The lowest BCUT2D eigenvalue weighted by molar-refractivity contribution is 0.329. The van der Waals surface area contributed by atoms with E-state index < -0.39 is 5.82 Å². The molecule has 21 heavy (non-hydrogen) atoms. The number of nitrogens with one attached hydrogen (secondary N) is 2. The van der Waals surface area contributed by atoms with Crippen molar-refractivity contribution >= 4 is 5.96 Å². The predicted octanol–water partition coefficient (Wildman–Crippen LogP) is 2.78. The molecular weight excluding hydrogens is 269 g/mol. The van der Waals surface area contributed by atoms with Crippen molar-refractivity contribution in [3.8, 4) is 5.75 Å². The Hall–Kier alpha value is -1.78. The number of guanidine groups is 1. The molecule has 1 aliphatic rings. The van der Waals surface area contributed by atoms with E-state index in [1.165, 1.54) is 25.0 Å². The molecule has 0 aliphatic heterocycles. The minimum atomic E-state index is -0.599. The van der Waals surface area contributed by atoms with Crippen molar-refractivity contribution in [1.29, 1.82) is 0 Å². The molecule has 0 aromatic heterocycles. The first-order valence-corrected chi connectivity index (χ1v) is 7.53. The van der Waals surface area contributed by atoms with Gasteiger partial charge >= 0.3 is 0 Å². The van der Waals surface area contributed by atoms with Crippen LogP contribution in [0.5, 0.6) is 5.75 Å². The Morgan fingerprint density at radius 2 is 2.05 bits per heavy atom. The maximum atomic E-state index is 13.3. The van der Waals surface area contributed by atoms with E-state index in [1.807, 2.05) is 0 Å². The van der Waals surface area contributed by atoms with Crippen LogP contribution in [0.1, 0.15) is 38.2 Å². The number of rotatable bonds is 3. The summed E-state index contributed by atoms with van der Waals surface area (Å²) in [5.74, 6) is 0.636. The summed E-state index contributed by atoms with van der Waals surface area (Å²) in [6, 6.07) is 4.85. The largest absolute Gasteiger partial charge is 0.505 e. The van der Waals surface area contributed by atoms with Gasteiger partial charge in [-0.3, -0.25) is 4.99 Å². The van der Waals surface area contributed by atoms with Crippen molar-refractivity contribution in [2.75, 3.05) is 7.05 Å². The predicted molar refractivity (Wildman–Crippen MR) is 82.8 cm³/mol. The Balaban J connectivity index is 1.83. The summed E-state index contributed by atoms with van der Waals surface area (Å²) in [7, 11) is 1.73. The second kappa shape index (κ2) is 7.29. The number of benzene rings is 1. The summed E-state index contributed by atoms with van der Waals surface area (Å²) in [5.41, 5.74) is 0.769. The van der Waals surface area contributed by atoms with Gasteiger partial charge in [-0.25, -0.2) is 4.39 Å². The Morgan fingerprint density at radius 3 is 2.67 bits per heavy atom. The van der Waals surface area contributed by atoms with Crippen molar-refractivity contribution in [1.82, 2.24) is 10.6 Å². The fourth-order valence-corrected chi connectivity index (χ4v) is 2.64. The molecule has 2 rings (SSSR count). The maximum absolute atomic E-state index is 13.3. The van der Waals surface area contributed by atoms with E-state index in [0.29, 0.717) is 12.6 Å². The van der Waals surface area contributed by atoms with E-state index in [9.17, 15) is 9.50 Å². The molecule has 1 fully saturated rings. The molecule has 1 aliphatic carbocycles. The molecule has 0 spiro atoms. The highest BCUT2D eigenvalue weighted by atomic mass is 19.1. The molecule has 3 N–H and O–H groups in total. The Bertz CT molecular complexity index is 496. The summed E-state index contributed by atoms with van der Waals surface area (Å²) in [6.45, 7) is 2.77. The molecule has 4 nitrogen and oxygen atoms in total. The summed E-state index contributed by atoms with van der Waals surface area (Å²) >= 11 is 0. The lowest BCUT2D eigenvalue weighted by Crippen LogP contribution is -2.44. The van der Waals surface area contributed by atoms with Gasteiger partial charge in [-0.2, -0.15) is 0 Å². The highest BCUT2D eigenvalue weighted by molar-refractivity contribution is 5.79. The Labute approximate surface area is 125 Å². The third kappa shape index (κ3) is 4.62. The third-order valence-electron chi connectivity index (χ3n) is 4.05. The molecule has 116 valence electrons. The van der Waals surface area contributed by atoms with Gasteiger partial charge < -0.3 is 15.7 Å². The molecule has 0 saturated heterocycles. The van der Waals surface area contributed by atoms with Crippen LogP contribution >= 0.6 is 0 Å². The van der Waals surface area contributed by atoms with Gasteiger partial charge in [-0.05, 0) is 49.3 Å². The van der Waals surface area contributed by atoms with Gasteiger partial charge in [0.2, 0.25) is 0 Å². The van der Waals surface area contributed by atoms with E-state index in [1.54, 1.807) is 13.1 Å². The molecule has 0 unspecified atom stereocenters. The van der Waals surface area contributed by atoms with Gasteiger partial charge in [0.05, 0.1) is 0 Å². The van der Waals surface area contributed by atoms with Crippen molar-refractivity contribution in [3.63, 3.8) is 0 Å². The summed E-state index contributed by atoms with van der Waals surface area (Å²) < 4.78 is 13.3. The second-order valence-corrected chi connectivity index (χ2v) is 5.81. The van der Waals surface area contributed by atoms with E-state index in [4.69, 9.17) is 0 Å². The lowest BCUT2D eigenvalue weighted by atomic mass is 9.87. The van der Waals surface area contributed by atoms with E-state index in [-0.39, 0.29) is 5.75 Å². The number of aliphatic imine (C=N–C) groups is 1. The molecular formula is C16H24FN3O. The molecule has 1 saturated carbocycles. The number of nitrogens with zero attached hydrogens (tertiary/aromatic N) is 1. The van der Waals surface area contributed by atoms with Gasteiger partial charge in [0, 0.05) is 19.6 Å². The van der Waals surface area contributed by atoms with Crippen LogP contribution in [0.4, 0.5) is 4.39 Å². The van der Waals surface area contributed by atoms with Crippen molar-refractivity contribution in [2.24, 2.45) is 10.9 Å². The van der Waals surface area contributed by atoms with Crippen LogP contribution in [0, 0.1) is 11.7 Å². The summed E-state index contributed by atoms with van der Waals surface area (Å²) in [5, 5.41) is 15.8. The second-order valence-electron chi connectivity index (χ2n) is 5.81. The summed E-state index contributed by atoms with van der Waals surface area (Å²) in [4.78, 5) is 4.21. The van der Waals surface area contributed by atoms with Crippen LogP contribution in [0.3, 0.4) is 0 Å². The molecule has 0 radical (unpaired) electrons. The molecule has 1 aromatic rings. The van der Waals surface area contributed by atoms with Gasteiger partial charge in [0.1, 0.15) is 0 Å². The molecule has 5 heteroatoms. The highest BCUT2D eigenvalue weighted by Gasteiger charge is 2.18. The minimum Gasteiger partial charge on any atom is -0.505 e. The van der Waals surface area contributed by atoms with Gasteiger partial charge in [-0.1, -0.05) is 13.0 Å². The number of aromatic hydroxyl groups is 1. The first kappa shape index (κ1) is 15.6. The normalized spacial score (nSPS) is 22.9. The minimum absolute atomic E-state index is 0.322. The van der Waals surface area contributed by atoms with Gasteiger partial charge in [0.15, 0.2) is 17.5 Å². The van der Waals surface area contributed by atoms with E-state index >= 15 is 0 Å². The fraction of sp³-hybridized carbons (Fsp3) is 0.562. The maximum Gasteiger partial charge on any atom is 0.191 e. The lowest BCUT2D eigenvalue weighted by Gasteiger charge is -2.28. The molecule has 0 bridgehead atoms. The van der Waals surface area contributed by atoms with Gasteiger partial charge in [-0.15, -0.1) is 0 Å². The topological polar surface area (TPSA) is 56.7 Å². The zero-order valence-electron chi connectivity index (χ0n) is 12.7. The van der Waals surface area contributed by atoms with Crippen LogP contribution in [0.25, 0.3) is 0 Å². The Kier molecular flexibility index (Phi) is 5.42. The highest BCUT2D eigenvalue weighted by Crippen LogP contribution is 2.23. The number of hydrogen-bond donors (Lipinski definition) is 3. The smallest absolute Gasteiger partial charge is 0.191 e. The number of hydrogen-bond acceptors (Lipinski definition) is 2. The number of halogens is 1. The van der Waals surface area contributed by atoms with Crippen LogP contribution in [0.2, 0.25) is 0 Å². The van der Waals surface area contributed by atoms with Crippen LogP contribution in [-0.2, 0) is 6.54 Å². The fourth-order valence-electron chi connectivity index (χ4n) is 2.64. The van der Waals surface area contributed by atoms with Crippen molar-refractivity contribution in [2.45, 2.75) is 45.2 Å². The first-order valence-electron chi connectivity index (χ1n) is 7.53. The average Bonchev–Trinajstić information content (AvgIpc) is 2.49. The number of phenolic OH excluding ortho intramolecular Hbond substituents is 1. The monoisotopic (exact) mass is 293 g/mol. The van der Waals surface area contributed by atoms with Gasteiger partial charge in [0.25, 0.3) is 0 Å². The quantitative estimate of drug-likeness (QED) is 0.593. The molecule has 0 atom stereocenters. The SMILES string of the molecule is CN=C(NCc1ccc(O)c(F)c1)NC1CCC(C)CC1. The first-order chi connectivity index (χ1) is 10.1.